The SMILES string of the molecule is CCN1C(=O)CC(C(=O)Nc2cccc(C(=O)O)c2)SC1=Nc1ccc(OC)cc1. The maximum absolute atomic E-state index is 12.7. The molecule has 0 bridgehead atoms. The number of carboxylic acids is 1. The summed E-state index contributed by atoms with van der Waals surface area (Å²) in [5, 5.41) is 11.6. The first-order chi connectivity index (χ1) is 14.4. The number of aliphatic imine (C=N–C) groups is 1. The fourth-order valence-corrected chi connectivity index (χ4v) is 4.04. The van der Waals surface area contributed by atoms with Crippen LogP contribution in [0.2, 0.25) is 0 Å². The molecule has 0 radical (unpaired) electrons. The Bertz CT molecular complexity index is 990. The summed E-state index contributed by atoms with van der Waals surface area (Å²) >= 11 is 1.21. The number of amidine groups is 1. The lowest BCUT2D eigenvalue weighted by atomic mass is 10.2. The zero-order valence-electron chi connectivity index (χ0n) is 16.5. The van der Waals surface area contributed by atoms with E-state index in [4.69, 9.17) is 9.84 Å². The van der Waals surface area contributed by atoms with E-state index in [9.17, 15) is 14.4 Å². The Morgan fingerprint density at radius 1 is 1.27 bits per heavy atom. The first-order valence-corrected chi connectivity index (χ1v) is 10.1. The van der Waals surface area contributed by atoms with E-state index in [1.165, 1.54) is 23.9 Å². The summed E-state index contributed by atoms with van der Waals surface area (Å²) in [7, 11) is 1.57. The lowest BCUT2D eigenvalue weighted by molar-refractivity contribution is -0.129. The molecule has 30 heavy (non-hydrogen) atoms. The van der Waals surface area contributed by atoms with Gasteiger partial charge < -0.3 is 15.2 Å². The van der Waals surface area contributed by atoms with Gasteiger partial charge in [-0.05, 0) is 49.4 Å². The van der Waals surface area contributed by atoms with Crippen molar-refractivity contribution in [2.75, 3.05) is 19.0 Å². The molecule has 1 aliphatic rings. The van der Waals surface area contributed by atoms with Crippen LogP contribution in [0.3, 0.4) is 0 Å². The molecule has 0 aromatic heterocycles. The smallest absolute Gasteiger partial charge is 0.335 e. The first-order valence-electron chi connectivity index (χ1n) is 9.25. The molecule has 3 rings (SSSR count). The Labute approximate surface area is 177 Å². The second kappa shape index (κ2) is 9.45. The zero-order chi connectivity index (χ0) is 21.7. The maximum Gasteiger partial charge on any atom is 0.335 e. The summed E-state index contributed by atoms with van der Waals surface area (Å²) in [5.41, 5.74) is 1.07. The van der Waals surface area contributed by atoms with Gasteiger partial charge in [-0.2, -0.15) is 0 Å². The van der Waals surface area contributed by atoms with Crippen molar-refractivity contribution < 1.29 is 24.2 Å². The highest BCUT2D eigenvalue weighted by Gasteiger charge is 2.35. The normalized spacial score (nSPS) is 17.7. The summed E-state index contributed by atoms with van der Waals surface area (Å²) in [6.07, 6.45) is 0.0323. The van der Waals surface area contributed by atoms with Gasteiger partial charge in [0, 0.05) is 18.7 Å². The third kappa shape index (κ3) is 4.98. The van der Waals surface area contributed by atoms with Gasteiger partial charge in [0.15, 0.2) is 5.17 Å². The number of anilines is 1. The van der Waals surface area contributed by atoms with Crippen molar-refractivity contribution in [3.05, 3.63) is 54.1 Å². The van der Waals surface area contributed by atoms with Gasteiger partial charge in [0.2, 0.25) is 11.8 Å². The number of aromatic carboxylic acids is 1. The molecule has 1 aliphatic heterocycles. The number of thioether (sulfide) groups is 1. The molecule has 1 fully saturated rings. The number of carbonyl (C=O) groups excluding carboxylic acids is 2. The van der Waals surface area contributed by atoms with E-state index < -0.39 is 11.2 Å². The van der Waals surface area contributed by atoms with E-state index in [-0.39, 0.29) is 23.8 Å². The molecule has 2 N–H and O–H groups in total. The van der Waals surface area contributed by atoms with Crippen LogP contribution in [0.25, 0.3) is 0 Å². The number of hydrogen-bond donors (Lipinski definition) is 2. The van der Waals surface area contributed by atoms with Gasteiger partial charge in [-0.1, -0.05) is 17.8 Å². The number of nitrogens with one attached hydrogen (secondary N) is 1. The average Bonchev–Trinajstić information content (AvgIpc) is 2.74. The second-order valence-electron chi connectivity index (χ2n) is 6.42. The second-order valence-corrected chi connectivity index (χ2v) is 7.59. The van der Waals surface area contributed by atoms with Crippen molar-refractivity contribution in [3.8, 4) is 5.75 Å². The lowest BCUT2D eigenvalue weighted by Crippen LogP contribution is -2.45. The maximum atomic E-state index is 12.7. The Balaban J connectivity index is 1.79. The van der Waals surface area contributed by atoms with E-state index >= 15 is 0 Å². The van der Waals surface area contributed by atoms with Gasteiger partial charge in [-0.3, -0.25) is 14.5 Å². The number of nitrogens with zero attached hydrogens (tertiary/aromatic N) is 2. The van der Waals surface area contributed by atoms with Crippen LogP contribution in [0.1, 0.15) is 23.7 Å². The molecule has 1 saturated heterocycles. The highest BCUT2D eigenvalue weighted by atomic mass is 32.2. The van der Waals surface area contributed by atoms with Crippen molar-refractivity contribution in [1.29, 1.82) is 0 Å². The van der Waals surface area contributed by atoms with Gasteiger partial charge in [0.1, 0.15) is 11.0 Å². The topological polar surface area (TPSA) is 108 Å². The third-order valence-corrected chi connectivity index (χ3v) is 5.61. The standard InChI is InChI=1S/C21H21N3O5S/c1-3-24-18(25)12-17(19(26)22-15-6-4-5-13(11-15)20(27)28)30-21(24)23-14-7-9-16(29-2)10-8-14/h4-11,17H,3,12H2,1-2H3,(H,22,26)(H,27,28). The monoisotopic (exact) mass is 427 g/mol. The summed E-state index contributed by atoms with van der Waals surface area (Å²) in [6.45, 7) is 2.29. The first kappa shape index (κ1) is 21.4. The van der Waals surface area contributed by atoms with Crippen LogP contribution < -0.4 is 10.1 Å². The fraction of sp³-hybridized carbons (Fsp3) is 0.238. The fourth-order valence-electron chi connectivity index (χ4n) is 2.87. The largest absolute Gasteiger partial charge is 0.497 e. The lowest BCUT2D eigenvalue weighted by Gasteiger charge is -2.30. The molecule has 0 spiro atoms. The van der Waals surface area contributed by atoms with Gasteiger partial charge in [0.05, 0.1) is 18.4 Å². The Hall–Kier alpha value is -3.33. The van der Waals surface area contributed by atoms with Gasteiger partial charge in [-0.25, -0.2) is 9.79 Å². The minimum atomic E-state index is -1.08. The van der Waals surface area contributed by atoms with E-state index in [1.807, 2.05) is 6.92 Å². The number of hydrogen-bond acceptors (Lipinski definition) is 6. The third-order valence-electron chi connectivity index (χ3n) is 4.42. The molecule has 0 aliphatic carbocycles. The Morgan fingerprint density at radius 2 is 2.00 bits per heavy atom. The van der Waals surface area contributed by atoms with Crippen LogP contribution in [-0.2, 0) is 9.59 Å². The highest BCUT2D eigenvalue weighted by molar-refractivity contribution is 8.15. The van der Waals surface area contributed by atoms with Crippen LogP contribution in [0.15, 0.2) is 53.5 Å². The molecule has 2 aromatic rings. The highest BCUT2D eigenvalue weighted by Crippen LogP contribution is 2.30. The van der Waals surface area contributed by atoms with E-state index in [2.05, 4.69) is 10.3 Å². The summed E-state index contributed by atoms with van der Waals surface area (Å²) in [4.78, 5) is 42.5. The van der Waals surface area contributed by atoms with Crippen LogP contribution in [0.5, 0.6) is 5.75 Å². The molecular formula is C21H21N3O5S. The van der Waals surface area contributed by atoms with Gasteiger partial charge in [-0.15, -0.1) is 0 Å². The zero-order valence-corrected chi connectivity index (χ0v) is 17.3. The molecule has 2 aromatic carbocycles. The summed E-state index contributed by atoms with van der Waals surface area (Å²) < 4.78 is 5.14. The van der Waals surface area contributed by atoms with Crippen molar-refractivity contribution in [2.45, 2.75) is 18.6 Å². The molecule has 156 valence electrons. The number of amides is 2. The predicted octanol–water partition coefficient (Wildman–Crippen LogP) is 3.37. The molecule has 0 saturated carbocycles. The number of ether oxygens (including phenoxy) is 1. The quantitative estimate of drug-likeness (QED) is 0.732. The van der Waals surface area contributed by atoms with Gasteiger partial charge in [0.25, 0.3) is 0 Å². The van der Waals surface area contributed by atoms with Crippen molar-refractivity contribution >= 4 is 46.1 Å². The van der Waals surface area contributed by atoms with E-state index in [0.717, 1.165) is 0 Å². The molecular weight excluding hydrogens is 406 g/mol. The minimum absolute atomic E-state index is 0.0323. The molecule has 8 nitrogen and oxygen atoms in total. The van der Waals surface area contributed by atoms with Crippen molar-refractivity contribution in [3.63, 3.8) is 0 Å². The van der Waals surface area contributed by atoms with Crippen molar-refractivity contribution in [1.82, 2.24) is 4.90 Å². The van der Waals surface area contributed by atoms with Crippen LogP contribution in [0.4, 0.5) is 11.4 Å². The van der Waals surface area contributed by atoms with E-state index in [1.54, 1.807) is 48.4 Å². The number of carboxylic acid groups (broad SMARTS) is 1. The summed E-state index contributed by atoms with van der Waals surface area (Å²) in [5.74, 6) is -0.961. The molecule has 2 amide bonds. The van der Waals surface area contributed by atoms with Crippen molar-refractivity contribution in [2.24, 2.45) is 4.99 Å². The predicted molar refractivity (Wildman–Crippen MR) is 116 cm³/mol. The van der Waals surface area contributed by atoms with Crippen LogP contribution >= 0.6 is 11.8 Å². The molecule has 1 heterocycles. The number of rotatable bonds is 6. The Kier molecular flexibility index (Phi) is 6.73. The number of carbonyl (C=O) groups is 3. The Morgan fingerprint density at radius 3 is 2.63 bits per heavy atom. The molecule has 9 heteroatoms. The number of methoxy groups -OCH3 is 1. The van der Waals surface area contributed by atoms with Crippen LogP contribution in [0, 0.1) is 0 Å². The van der Waals surface area contributed by atoms with Crippen LogP contribution in [-0.4, -0.2) is 51.9 Å². The van der Waals surface area contributed by atoms with Gasteiger partial charge >= 0.3 is 5.97 Å². The summed E-state index contributed by atoms with van der Waals surface area (Å²) in [6, 6.07) is 13.0. The average molecular weight is 427 g/mol. The molecule has 1 unspecified atom stereocenters. The molecule has 1 atom stereocenters. The number of benzene rings is 2. The minimum Gasteiger partial charge on any atom is -0.497 e. The van der Waals surface area contributed by atoms with E-state index in [0.29, 0.717) is 28.8 Å².